The topological polar surface area (TPSA) is 41.6 Å². The van der Waals surface area contributed by atoms with Crippen molar-refractivity contribution < 1.29 is 22.7 Å². The third kappa shape index (κ3) is 3.74. The first kappa shape index (κ1) is 19.5. The van der Waals surface area contributed by atoms with Crippen molar-refractivity contribution in [3.63, 3.8) is 0 Å². The fourth-order valence-electron chi connectivity index (χ4n) is 3.55. The van der Waals surface area contributed by atoms with Crippen LogP contribution in [-0.4, -0.2) is 29.2 Å². The highest BCUT2D eigenvalue weighted by atomic mass is 19.4. The van der Waals surface area contributed by atoms with E-state index in [1.165, 1.54) is 6.07 Å². The third-order valence-electron chi connectivity index (χ3n) is 4.73. The van der Waals surface area contributed by atoms with Crippen molar-refractivity contribution in [2.45, 2.75) is 51.4 Å². The first-order valence-corrected chi connectivity index (χ1v) is 8.95. The molecule has 1 heterocycles. The second kappa shape index (κ2) is 7.03. The second-order valence-corrected chi connectivity index (χ2v) is 7.39. The molecule has 0 saturated carbocycles. The molecule has 27 heavy (non-hydrogen) atoms. The summed E-state index contributed by atoms with van der Waals surface area (Å²) in [5.41, 5.74) is 1.54. The van der Waals surface area contributed by atoms with Crippen LogP contribution in [0.3, 0.4) is 0 Å². The van der Waals surface area contributed by atoms with Crippen molar-refractivity contribution in [2.75, 3.05) is 6.61 Å². The van der Waals surface area contributed by atoms with Gasteiger partial charge in [0, 0.05) is 17.3 Å². The van der Waals surface area contributed by atoms with Crippen molar-refractivity contribution in [1.29, 1.82) is 0 Å². The Labute approximate surface area is 156 Å². The quantitative estimate of drug-likeness (QED) is 0.814. The summed E-state index contributed by atoms with van der Waals surface area (Å²) in [6, 6.07) is 7.97. The van der Waals surface area contributed by atoms with E-state index in [1.54, 1.807) is 44.2 Å². The standard InChI is InChI=1S/C20H23F3N2O2/c1-4-11-27-16-10-9-15(13-7-5-6-8-14(13)16)18(20(21,22)23)25-19(2,3)12-17(26)24-25/h5-10,18H,4,11-12H2,1-3H3,(H,24,26)/t18-/m0/s1. The number of hydrogen-bond donors (Lipinski definition) is 1. The van der Waals surface area contributed by atoms with Gasteiger partial charge in [-0.2, -0.15) is 18.2 Å². The zero-order valence-corrected chi connectivity index (χ0v) is 15.6. The average molecular weight is 380 g/mol. The number of ether oxygens (including phenoxy) is 1. The fraction of sp³-hybridized carbons (Fsp3) is 0.450. The predicted octanol–water partition coefficient (Wildman–Crippen LogP) is 4.75. The van der Waals surface area contributed by atoms with Crippen LogP contribution in [0.4, 0.5) is 13.2 Å². The van der Waals surface area contributed by atoms with Gasteiger partial charge in [0.2, 0.25) is 5.91 Å². The van der Waals surface area contributed by atoms with Gasteiger partial charge >= 0.3 is 6.18 Å². The minimum absolute atomic E-state index is 0.00913. The molecule has 1 N–H and O–H groups in total. The van der Waals surface area contributed by atoms with E-state index in [-0.39, 0.29) is 12.0 Å². The Balaban J connectivity index is 2.16. The summed E-state index contributed by atoms with van der Waals surface area (Å²) in [6.07, 6.45) is -3.76. The van der Waals surface area contributed by atoms with Gasteiger partial charge in [-0.25, -0.2) is 0 Å². The lowest BCUT2D eigenvalue weighted by Gasteiger charge is -2.38. The van der Waals surface area contributed by atoms with E-state index < -0.39 is 23.7 Å². The zero-order chi connectivity index (χ0) is 19.8. The van der Waals surface area contributed by atoms with Crippen LogP contribution in [0.2, 0.25) is 0 Å². The van der Waals surface area contributed by atoms with Gasteiger partial charge in [-0.3, -0.25) is 10.2 Å². The van der Waals surface area contributed by atoms with Crippen molar-refractivity contribution >= 4 is 16.7 Å². The molecule has 2 aromatic carbocycles. The van der Waals surface area contributed by atoms with Crippen LogP contribution in [0.15, 0.2) is 36.4 Å². The van der Waals surface area contributed by atoms with E-state index >= 15 is 0 Å². The molecule has 1 fully saturated rings. The molecular weight excluding hydrogens is 357 g/mol. The Morgan fingerprint density at radius 2 is 1.85 bits per heavy atom. The number of hydrogen-bond acceptors (Lipinski definition) is 3. The lowest BCUT2D eigenvalue weighted by molar-refractivity contribution is -0.203. The second-order valence-electron chi connectivity index (χ2n) is 7.39. The van der Waals surface area contributed by atoms with Crippen molar-refractivity contribution in [1.82, 2.24) is 10.4 Å². The first-order chi connectivity index (χ1) is 12.6. The van der Waals surface area contributed by atoms with Crippen molar-refractivity contribution in [2.24, 2.45) is 0 Å². The molecule has 1 amide bonds. The molecule has 1 atom stereocenters. The monoisotopic (exact) mass is 380 g/mol. The maximum Gasteiger partial charge on any atom is 0.409 e. The number of alkyl halides is 3. The van der Waals surface area contributed by atoms with E-state index in [0.29, 0.717) is 23.1 Å². The summed E-state index contributed by atoms with van der Waals surface area (Å²) >= 11 is 0. The zero-order valence-electron chi connectivity index (χ0n) is 15.6. The van der Waals surface area contributed by atoms with Gasteiger partial charge in [-0.15, -0.1) is 0 Å². The number of fused-ring (bicyclic) bond motifs is 1. The van der Waals surface area contributed by atoms with Gasteiger partial charge in [0.15, 0.2) is 6.04 Å². The summed E-state index contributed by atoms with van der Waals surface area (Å²) in [5.74, 6) is 0.142. The third-order valence-corrected chi connectivity index (χ3v) is 4.73. The number of nitrogens with zero attached hydrogens (tertiary/aromatic N) is 1. The SMILES string of the molecule is CCCOc1ccc([C@H](N2NC(=O)CC2(C)C)C(F)(F)F)c2ccccc12. The Kier molecular flexibility index (Phi) is 5.08. The number of carbonyl (C=O) groups excluding carboxylic acids is 1. The van der Waals surface area contributed by atoms with Crippen LogP contribution in [0, 0.1) is 0 Å². The van der Waals surface area contributed by atoms with Crippen LogP contribution >= 0.6 is 0 Å². The van der Waals surface area contributed by atoms with E-state index in [2.05, 4.69) is 5.43 Å². The number of rotatable bonds is 5. The largest absolute Gasteiger partial charge is 0.493 e. The molecule has 1 saturated heterocycles. The first-order valence-electron chi connectivity index (χ1n) is 8.95. The summed E-state index contributed by atoms with van der Waals surface area (Å²) in [4.78, 5) is 11.8. The lowest BCUT2D eigenvalue weighted by Crippen LogP contribution is -2.51. The minimum atomic E-state index is -4.57. The Bertz CT molecular complexity index is 849. The fourth-order valence-corrected chi connectivity index (χ4v) is 3.55. The van der Waals surface area contributed by atoms with Gasteiger partial charge in [0.1, 0.15) is 5.75 Å². The highest BCUT2D eigenvalue weighted by Crippen LogP contribution is 2.45. The minimum Gasteiger partial charge on any atom is -0.493 e. The summed E-state index contributed by atoms with van der Waals surface area (Å²) in [5, 5.41) is 2.12. The maximum absolute atomic E-state index is 14.1. The predicted molar refractivity (Wildman–Crippen MR) is 97.2 cm³/mol. The van der Waals surface area contributed by atoms with Gasteiger partial charge in [-0.1, -0.05) is 37.3 Å². The van der Waals surface area contributed by atoms with Gasteiger partial charge in [0.05, 0.1) is 6.61 Å². The Hall–Kier alpha value is -2.28. The molecule has 3 rings (SSSR count). The van der Waals surface area contributed by atoms with Crippen LogP contribution in [0.25, 0.3) is 10.8 Å². The highest BCUT2D eigenvalue weighted by Gasteiger charge is 2.53. The normalized spacial score (nSPS) is 18.5. The molecule has 0 radical (unpaired) electrons. The molecule has 0 spiro atoms. The van der Waals surface area contributed by atoms with Crippen LogP contribution in [-0.2, 0) is 4.79 Å². The average Bonchev–Trinajstić information content (AvgIpc) is 2.85. The molecule has 2 aromatic rings. The highest BCUT2D eigenvalue weighted by molar-refractivity contribution is 5.91. The number of halogens is 3. The molecule has 1 aliphatic rings. The number of benzene rings is 2. The maximum atomic E-state index is 14.1. The molecular formula is C20H23F3N2O2. The number of amides is 1. The Morgan fingerprint density at radius 1 is 1.19 bits per heavy atom. The Morgan fingerprint density at radius 3 is 2.41 bits per heavy atom. The molecule has 0 aromatic heterocycles. The molecule has 0 aliphatic carbocycles. The number of carbonyl (C=O) groups is 1. The van der Waals surface area contributed by atoms with Crippen LogP contribution in [0.5, 0.6) is 5.75 Å². The van der Waals surface area contributed by atoms with Gasteiger partial charge in [0.25, 0.3) is 0 Å². The van der Waals surface area contributed by atoms with Crippen molar-refractivity contribution in [3.05, 3.63) is 42.0 Å². The molecule has 0 unspecified atom stereocenters. The number of hydrazine groups is 1. The lowest BCUT2D eigenvalue weighted by atomic mass is 9.93. The summed E-state index contributed by atoms with van der Waals surface area (Å²) in [6.45, 7) is 5.71. The van der Waals surface area contributed by atoms with Gasteiger partial charge in [-0.05, 0) is 37.3 Å². The van der Waals surface area contributed by atoms with E-state index in [1.807, 2.05) is 6.92 Å². The molecule has 146 valence electrons. The van der Waals surface area contributed by atoms with E-state index in [0.717, 1.165) is 11.4 Å². The summed E-state index contributed by atoms with van der Waals surface area (Å²) in [7, 11) is 0. The van der Waals surface area contributed by atoms with Crippen LogP contribution < -0.4 is 10.2 Å². The molecule has 1 aliphatic heterocycles. The van der Waals surface area contributed by atoms with Crippen LogP contribution in [0.1, 0.15) is 45.2 Å². The summed E-state index contributed by atoms with van der Waals surface area (Å²) < 4.78 is 48.1. The molecule has 7 heteroatoms. The molecule has 4 nitrogen and oxygen atoms in total. The van der Waals surface area contributed by atoms with E-state index in [9.17, 15) is 18.0 Å². The van der Waals surface area contributed by atoms with E-state index in [4.69, 9.17) is 4.74 Å². The smallest absolute Gasteiger partial charge is 0.409 e. The van der Waals surface area contributed by atoms with Crippen molar-refractivity contribution in [3.8, 4) is 5.75 Å². The molecule has 0 bridgehead atoms. The van der Waals surface area contributed by atoms with Gasteiger partial charge < -0.3 is 4.74 Å². The number of nitrogens with one attached hydrogen (secondary N) is 1.